The summed E-state index contributed by atoms with van der Waals surface area (Å²) < 4.78 is 7.78. The van der Waals surface area contributed by atoms with Crippen LogP contribution >= 0.6 is 0 Å². The van der Waals surface area contributed by atoms with E-state index in [1.165, 1.54) is 5.56 Å². The van der Waals surface area contributed by atoms with Gasteiger partial charge in [-0.15, -0.1) is 0 Å². The largest absolute Gasteiger partial charge is 0.375 e. The number of nitrogens with zero attached hydrogens (tertiary/aromatic N) is 2. The summed E-state index contributed by atoms with van der Waals surface area (Å²) in [5, 5.41) is 3.42. The average molecular weight is 273 g/mol. The molecular weight excluding hydrogens is 250 g/mol. The summed E-state index contributed by atoms with van der Waals surface area (Å²) in [6.45, 7) is 6.37. The quantitative estimate of drug-likeness (QED) is 0.714. The molecule has 0 saturated carbocycles. The summed E-state index contributed by atoms with van der Waals surface area (Å²) in [6.07, 6.45) is 4.74. The molecule has 0 bridgehead atoms. The first-order valence-corrected chi connectivity index (χ1v) is 7.21. The highest BCUT2D eigenvalue weighted by molar-refractivity contribution is 5.14. The van der Waals surface area contributed by atoms with E-state index in [0.29, 0.717) is 6.61 Å². The van der Waals surface area contributed by atoms with Crippen LogP contribution < -0.4 is 5.32 Å². The van der Waals surface area contributed by atoms with Crippen molar-refractivity contribution in [2.24, 2.45) is 0 Å². The van der Waals surface area contributed by atoms with Crippen molar-refractivity contribution in [2.75, 3.05) is 13.2 Å². The fourth-order valence-electron chi connectivity index (χ4n) is 2.06. The lowest BCUT2D eigenvalue weighted by Crippen LogP contribution is -2.16. The van der Waals surface area contributed by atoms with Crippen molar-refractivity contribution in [3.63, 3.8) is 0 Å². The molecule has 4 nitrogen and oxygen atoms in total. The van der Waals surface area contributed by atoms with E-state index >= 15 is 0 Å². The van der Waals surface area contributed by atoms with Gasteiger partial charge in [0.25, 0.3) is 0 Å². The van der Waals surface area contributed by atoms with Gasteiger partial charge in [-0.2, -0.15) is 0 Å². The summed E-state index contributed by atoms with van der Waals surface area (Å²) in [5.74, 6) is 0. The lowest BCUT2D eigenvalue weighted by molar-refractivity contribution is 0.113. The number of aryl methyl sites for hydroxylation is 1. The van der Waals surface area contributed by atoms with Crippen molar-refractivity contribution < 1.29 is 4.74 Å². The van der Waals surface area contributed by atoms with E-state index in [4.69, 9.17) is 4.74 Å². The van der Waals surface area contributed by atoms with Crippen LogP contribution in [0.3, 0.4) is 0 Å². The van der Waals surface area contributed by atoms with Crippen molar-refractivity contribution in [1.29, 1.82) is 0 Å². The molecule has 0 aliphatic rings. The maximum absolute atomic E-state index is 5.67. The van der Waals surface area contributed by atoms with E-state index in [0.717, 1.165) is 38.4 Å². The predicted octanol–water partition coefficient (Wildman–Crippen LogP) is 2.60. The van der Waals surface area contributed by atoms with Gasteiger partial charge in [-0.05, 0) is 25.5 Å². The number of aromatic nitrogens is 2. The zero-order valence-electron chi connectivity index (χ0n) is 12.1. The molecule has 1 N–H and O–H groups in total. The van der Waals surface area contributed by atoms with Gasteiger partial charge >= 0.3 is 0 Å². The van der Waals surface area contributed by atoms with Crippen molar-refractivity contribution in [3.05, 3.63) is 54.1 Å². The average Bonchev–Trinajstić information content (AvgIpc) is 2.95. The number of benzene rings is 1. The van der Waals surface area contributed by atoms with Crippen LogP contribution in [0.4, 0.5) is 0 Å². The summed E-state index contributed by atoms with van der Waals surface area (Å²) in [7, 11) is 0. The SMILES string of the molecule is CCn1cncc1COCCCNCc1ccccc1. The van der Waals surface area contributed by atoms with Crippen LogP contribution in [0.2, 0.25) is 0 Å². The molecule has 0 unspecified atom stereocenters. The second-order valence-electron chi connectivity index (χ2n) is 4.74. The van der Waals surface area contributed by atoms with Crippen LogP contribution in [0.1, 0.15) is 24.6 Å². The van der Waals surface area contributed by atoms with Crippen molar-refractivity contribution >= 4 is 0 Å². The van der Waals surface area contributed by atoms with Crippen LogP contribution in [0.5, 0.6) is 0 Å². The van der Waals surface area contributed by atoms with E-state index in [9.17, 15) is 0 Å². The van der Waals surface area contributed by atoms with E-state index in [-0.39, 0.29) is 0 Å². The molecule has 0 atom stereocenters. The van der Waals surface area contributed by atoms with Gasteiger partial charge in [-0.25, -0.2) is 4.98 Å². The van der Waals surface area contributed by atoms with Crippen LogP contribution in [-0.4, -0.2) is 22.7 Å². The third kappa shape index (κ3) is 4.79. The number of ether oxygens (including phenoxy) is 1. The standard InChI is InChI=1S/C16H23N3O/c1-2-19-14-18-12-16(19)13-20-10-6-9-17-11-15-7-4-3-5-8-15/h3-5,7-8,12,14,17H,2,6,9-11,13H2,1H3. The van der Waals surface area contributed by atoms with Gasteiger partial charge in [0.15, 0.2) is 0 Å². The van der Waals surface area contributed by atoms with Crippen LogP contribution in [-0.2, 0) is 24.4 Å². The molecule has 2 aromatic rings. The van der Waals surface area contributed by atoms with Gasteiger partial charge in [0, 0.05) is 19.7 Å². The molecule has 0 aliphatic carbocycles. The zero-order chi connectivity index (χ0) is 14.0. The maximum Gasteiger partial charge on any atom is 0.0948 e. The fraction of sp³-hybridized carbons (Fsp3) is 0.438. The molecule has 0 radical (unpaired) electrons. The van der Waals surface area contributed by atoms with Crippen molar-refractivity contribution in [3.8, 4) is 0 Å². The van der Waals surface area contributed by atoms with Gasteiger partial charge in [0.2, 0.25) is 0 Å². The maximum atomic E-state index is 5.67. The Bertz CT molecular complexity index is 481. The van der Waals surface area contributed by atoms with Gasteiger partial charge in [0.1, 0.15) is 0 Å². The Labute approximate surface area is 120 Å². The van der Waals surface area contributed by atoms with E-state index < -0.39 is 0 Å². The molecule has 20 heavy (non-hydrogen) atoms. The first kappa shape index (κ1) is 14.8. The molecule has 2 rings (SSSR count). The van der Waals surface area contributed by atoms with Crippen LogP contribution in [0.15, 0.2) is 42.9 Å². The smallest absolute Gasteiger partial charge is 0.0948 e. The first-order chi connectivity index (χ1) is 9.90. The monoisotopic (exact) mass is 273 g/mol. The molecule has 1 aromatic carbocycles. The molecular formula is C16H23N3O. The minimum Gasteiger partial charge on any atom is -0.375 e. The van der Waals surface area contributed by atoms with Gasteiger partial charge < -0.3 is 14.6 Å². The Morgan fingerprint density at radius 2 is 2.10 bits per heavy atom. The third-order valence-electron chi connectivity index (χ3n) is 3.20. The van der Waals surface area contributed by atoms with Crippen molar-refractivity contribution in [2.45, 2.75) is 33.0 Å². The summed E-state index contributed by atoms with van der Waals surface area (Å²) >= 11 is 0. The lowest BCUT2D eigenvalue weighted by atomic mass is 10.2. The Morgan fingerprint density at radius 3 is 2.90 bits per heavy atom. The number of hydrogen-bond acceptors (Lipinski definition) is 3. The van der Waals surface area contributed by atoms with Gasteiger partial charge in [-0.1, -0.05) is 30.3 Å². The summed E-state index contributed by atoms with van der Waals surface area (Å²) in [5.41, 5.74) is 2.46. The first-order valence-electron chi connectivity index (χ1n) is 7.21. The van der Waals surface area contributed by atoms with E-state index in [1.807, 2.05) is 18.6 Å². The number of imidazole rings is 1. The summed E-state index contributed by atoms with van der Waals surface area (Å²) in [6, 6.07) is 10.4. The predicted molar refractivity (Wildman–Crippen MR) is 80.3 cm³/mol. The fourth-order valence-corrected chi connectivity index (χ4v) is 2.06. The molecule has 0 spiro atoms. The molecule has 4 heteroatoms. The Morgan fingerprint density at radius 1 is 1.25 bits per heavy atom. The second-order valence-corrected chi connectivity index (χ2v) is 4.74. The molecule has 0 fully saturated rings. The molecule has 0 aliphatic heterocycles. The highest BCUT2D eigenvalue weighted by Gasteiger charge is 1.99. The van der Waals surface area contributed by atoms with Crippen molar-refractivity contribution in [1.82, 2.24) is 14.9 Å². The number of rotatable bonds is 9. The van der Waals surface area contributed by atoms with E-state index in [2.05, 4.69) is 46.1 Å². The number of hydrogen-bond donors (Lipinski definition) is 1. The molecule has 0 amide bonds. The molecule has 108 valence electrons. The Balaban J connectivity index is 1.52. The topological polar surface area (TPSA) is 39.1 Å². The normalized spacial score (nSPS) is 10.8. The minimum atomic E-state index is 0.645. The van der Waals surface area contributed by atoms with E-state index in [1.54, 1.807) is 0 Å². The Hall–Kier alpha value is -1.65. The van der Waals surface area contributed by atoms with Gasteiger partial charge in [-0.3, -0.25) is 0 Å². The summed E-state index contributed by atoms with van der Waals surface area (Å²) in [4.78, 5) is 4.13. The minimum absolute atomic E-state index is 0.645. The molecule has 0 saturated heterocycles. The van der Waals surface area contributed by atoms with Crippen LogP contribution in [0.25, 0.3) is 0 Å². The molecule has 1 aromatic heterocycles. The number of nitrogens with one attached hydrogen (secondary N) is 1. The Kier molecular flexibility index (Phi) is 6.27. The second kappa shape index (κ2) is 8.51. The molecule has 1 heterocycles. The third-order valence-corrected chi connectivity index (χ3v) is 3.20. The zero-order valence-corrected chi connectivity index (χ0v) is 12.1. The lowest BCUT2D eigenvalue weighted by Gasteiger charge is -2.07. The highest BCUT2D eigenvalue weighted by Crippen LogP contribution is 2.01. The highest BCUT2D eigenvalue weighted by atomic mass is 16.5. The van der Waals surface area contributed by atoms with Crippen LogP contribution in [0, 0.1) is 0 Å². The van der Waals surface area contributed by atoms with Gasteiger partial charge in [0.05, 0.1) is 24.8 Å².